The van der Waals surface area contributed by atoms with Crippen molar-refractivity contribution >= 4 is 17.8 Å². The molecule has 7 nitrogen and oxygen atoms in total. The molecule has 0 fully saturated rings. The van der Waals surface area contributed by atoms with Gasteiger partial charge in [-0.15, -0.1) is 0 Å². The maximum Gasteiger partial charge on any atom is 0.416 e. The summed E-state index contributed by atoms with van der Waals surface area (Å²) in [4.78, 5) is 34.3. The van der Waals surface area contributed by atoms with Crippen LogP contribution in [0.5, 0.6) is 0 Å². The first-order valence-corrected chi connectivity index (χ1v) is 7.08. The van der Waals surface area contributed by atoms with Crippen LogP contribution in [0.15, 0.2) is 24.3 Å². The van der Waals surface area contributed by atoms with Crippen LogP contribution in [0.3, 0.4) is 0 Å². The van der Waals surface area contributed by atoms with E-state index in [9.17, 15) is 32.7 Å². The van der Waals surface area contributed by atoms with Gasteiger partial charge in [-0.25, -0.2) is 0 Å². The van der Waals surface area contributed by atoms with E-state index in [2.05, 4.69) is 10.1 Å². The van der Waals surface area contributed by atoms with Gasteiger partial charge in [0.2, 0.25) is 5.91 Å². The molecule has 2 amide bonds. The van der Waals surface area contributed by atoms with Crippen LogP contribution >= 0.6 is 0 Å². The molecule has 25 heavy (non-hydrogen) atoms. The lowest BCUT2D eigenvalue weighted by atomic mass is 10.0. The molecule has 1 aromatic carbocycles. The van der Waals surface area contributed by atoms with Gasteiger partial charge in [-0.1, -0.05) is 12.1 Å². The number of primary amides is 1. The second-order valence-electron chi connectivity index (χ2n) is 5.10. The van der Waals surface area contributed by atoms with Gasteiger partial charge in [0, 0.05) is 6.42 Å². The van der Waals surface area contributed by atoms with Crippen LogP contribution in [0.4, 0.5) is 13.2 Å². The van der Waals surface area contributed by atoms with Crippen molar-refractivity contribution < 1.29 is 37.4 Å². The monoisotopic (exact) mass is 362 g/mol. The van der Waals surface area contributed by atoms with E-state index in [1.807, 2.05) is 0 Å². The Morgan fingerprint density at radius 1 is 1.24 bits per heavy atom. The summed E-state index contributed by atoms with van der Waals surface area (Å²) in [5, 5.41) is 12.0. The van der Waals surface area contributed by atoms with Crippen molar-refractivity contribution in [1.29, 1.82) is 0 Å². The highest BCUT2D eigenvalue weighted by Gasteiger charge is 2.31. The fourth-order valence-corrected chi connectivity index (χ4v) is 1.91. The summed E-state index contributed by atoms with van der Waals surface area (Å²) in [6.45, 7) is 0. The molecule has 0 unspecified atom stereocenters. The molecule has 1 aromatic rings. The molecule has 0 aliphatic heterocycles. The standard InChI is InChI=1S/C15H17F3N2O5/c1-25-11(21)7-6-10(13(19)23)20-14(24)12(22)8-2-4-9(5-3-8)15(16,17)18/h2-5,10,12,22H,6-7H2,1H3,(H2,19,23)(H,20,24)/t10-,12-/m0/s1. The Kier molecular flexibility index (Phi) is 6.92. The Bertz CT molecular complexity index is 631. The summed E-state index contributed by atoms with van der Waals surface area (Å²) >= 11 is 0. The van der Waals surface area contributed by atoms with E-state index in [1.165, 1.54) is 0 Å². The molecule has 138 valence electrons. The number of nitrogens with two attached hydrogens (primary N) is 1. The number of ether oxygens (including phenoxy) is 1. The SMILES string of the molecule is COC(=O)CC[C@H](NC(=O)[C@@H](O)c1ccc(C(F)(F)F)cc1)C(N)=O. The molecule has 0 saturated heterocycles. The number of halogens is 3. The first kappa shape index (κ1) is 20.4. The molecular formula is C15H17F3N2O5. The highest BCUT2D eigenvalue weighted by molar-refractivity contribution is 5.89. The maximum absolute atomic E-state index is 12.5. The number of hydrogen-bond acceptors (Lipinski definition) is 5. The third-order valence-corrected chi connectivity index (χ3v) is 3.33. The van der Waals surface area contributed by atoms with Crippen molar-refractivity contribution in [2.45, 2.75) is 31.2 Å². The molecule has 4 N–H and O–H groups in total. The number of alkyl halides is 3. The number of rotatable bonds is 7. The average Bonchev–Trinajstić information content (AvgIpc) is 2.56. The number of amides is 2. The molecule has 10 heteroatoms. The molecular weight excluding hydrogens is 345 g/mol. The summed E-state index contributed by atoms with van der Waals surface area (Å²) in [5.41, 5.74) is 4.08. The number of esters is 1. The van der Waals surface area contributed by atoms with Crippen molar-refractivity contribution in [3.05, 3.63) is 35.4 Å². The van der Waals surface area contributed by atoms with Crippen LogP contribution in [-0.2, 0) is 25.3 Å². The van der Waals surface area contributed by atoms with Crippen molar-refractivity contribution in [2.75, 3.05) is 7.11 Å². The number of carbonyl (C=O) groups is 3. The minimum atomic E-state index is -4.54. The van der Waals surface area contributed by atoms with Crippen LogP contribution in [0.2, 0.25) is 0 Å². The second-order valence-corrected chi connectivity index (χ2v) is 5.10. The van der Waals surface area contributed by atoms with Crippen LogP contribution in [0.25, 0.3) is 0 Å². The van der Waals surface area contributed by atoms with Crippen molar-refractivity contribution in [3.63, 3.8) is 0 Å². The van der Waals surface area contributed by atoms with Gasteiger partial charge < -0.3 is 20.9 Å². The predicted molar refractivity (Wildman–Crippen MR) is 78.8 cm³/mol. The highest BCUT2D eigenvalue weighted by Crippen LogP contribution is 2.29. The lowest BCUT2D eigenvalue weighted by molar-refractivity contribution is -0.141. The zero-order chi connectivity index (χ0) is 19.2. The minimum absolute atomic E-state index is 0.0957. The first-order chi connectivity index (χ1) is 11.6. The second kappa shape index (κ2) is 8.47. The largest absolute Gasteiger partial charge is 0.469 e. The zero-order valence-electron chi connectivity index (χ0n) is 13.2. The number of aliphatic hydroxyl groups excluding tert-OH is 1. The highest BCUT2D eigenvalue weighted by atomic mass is 19.4. The van der Waals surface area contributed by atoms with E-state index < -0.39 is 41.7 Å². The van der Waals surface area contributed by atoms with Gasteiger partial charge in [0.1, 0.15) is 6.04 Å². The predicted octanol–water partition coefficient (Wildman–Crippen LogP) is 0.662. The van der Waals surface area contributed by atoms with Crippen LogP contribution in [0, 0.1) is 0 Å². The average molecular weight is 362 g/mol. The molecule has 0 heterocycles. The molecule has 0 spiro atoms. The molecule has 0 radical (unpaired) electrons. The Hall–Kier alpha value is -2.62. The smallest absolute Gasteiger partial charge is 0.416 e. The summed E-state index contributed by atoms with van der Waals surface area (Å²) in [6, 6.07) is 2.08. The van der Waals surface area contributed by atoms with Gasteiger partial charge >= 0.3 is 12.1 Å². The van der Waals surface area contributed by atoms with E-state index in [1.54, 1.807) is 0 Å². The van der Waals surface area contributed by atoms with E-state index in [0.717, 1.165) is 19.2 Å². The molecule has 0 bridgehead atoms. The summed E-state index contributed by atoms with van der Waals surface area (Å²) in [6.07, 6.45) is -6.69. The normalized spacial score (nSPS) is 13.6. The minimum Gasteiger partial charge on any atom is -0.469 e. The Balaban J connectivity index is 2.76. The van der Waals surface area contributed by atoms with Crippen LogP contribution < -0.4 is 11.1 Å². The summed E-state index contributed by atoms with van der Waals surface area (Å²) < 4.78 is 41.9. The lowest BCUT2D eigenvalue weighted by Crippen LogP contribution is -2.46. The van der Waals surface area contributed by atoms with Crippen LogP contribution in [-0.4, -0.2) is 36.0 Å². The topological polar surface area (TPSA) is 119 Å². The van der Waals surface area contributed by atoms with Gasteiger partial charge in [0.05, 0.1) is 12.7 Å². The Labute approximate surface area is 140 Å². The Morgan fingerprint density at radius 2 is 1.80 bits per heavy atom. The fourth-order valence-electron chi connectivity index (χ4n) is 1.91. The molecule has 0 aliphatic rings. The first-order valence-electron chi connectivity index (χ1n) is 7.08. The quantitative estimate of drug-likeness (QED) is 0.616. The third kappa shape index (κ3) is 6.07. The number of aliphatic hydroxyl groups is 1. The molecule has 1 rings (SSSR count). The third-order valence-electron chi connectivity index (χ3n) is 3.33. The van der Waals surface area contributed by atoms with Gasteiger partial charge in [0.25, 0.3) is 5.91 Å². The molecule has 0 aromatic heterocycles. The number of hydrogen-bond donors (Lipinski definition) is 3. The number of methoxy groups -OCH3 is 1. The van der Waals surface area contributed by atoms with Gasteiger partial charge in [0.15, 0.2) is 6.10 Å². The van der Waals surface area contributed by atoms with Crippen molar-refractivity contribution in [2.24, 2.45) is 5.73 Å². The zero-order valence-corrected chi connectivity index (χ0v) is 13.2. The van der Waals surface area contributed by atoms with E-state index in [-0.39, 0.29) is 18.4 Å². The van der Waals surface area contributed by atoms with Crippen LogP contribution in [0.1, 0.15) is 30.1 Å². The molecule has 2 atom stereocenters. The number of carbonyl (C=O) groups excluding carboxylic acids is 3. The van der Waals surface area contributed by atoms with E-state index >= 15 is 0 Å². The molecule has 0 aliphatic carbocycles. The van der Waals surface area contributed by atoms with E-state index in [0.29, 0.717) is 12.1 Å². The van der Waals surface area contributed by atoms with E-state index in [4.69, 9.17) is 5.73 Å². The number of nitrogens with one attached hydrogen (secondary N) is 1. The number of benzene rings is 1. The van der Waals surface area contributed by atoms with Crippen molar-refractivity contribution in [3.8, 4) is 0 Å². The summed E-state index contributed by atoms with van der Waals surface area (Å²) in [7, 11) is 1.15. The van der Waals surface area contributed by atoms with Crippen molar-refractivity contribution in [1.82, 2.24) is 5.32 Å². The van der Waals surface area contributed by atoms with Gasteiger partial charge in [-0.3, -0.25) is 14.4 Å². The van der Waals surface area contributed by atoms with Gasteiger partial charge in [-0.05, 0) is 24.1 Å². The lowest BCUT2D eigenvalue weighted by Gasteiger charge is -2.18. The summed E-state index contributed by atoms with van der Waals surface area (Å²) in [5.74, 6) is -2.59. The molecule has 0 saturated carbocycles. The maximum atomic E-state index is 12.5. The fraction of sp³-hybridized carbons (Fsp3) is 0.400. The Morgan fingerprint density at radius 3 is 2.24 bits per heavy atom. The van der Waals surface area contributed by atoms with Gasteiger partial charge in [-0.2, -0.15) is 13.2 Å².